The molecule has 1 unspecified atom stereocenters. The molecular formula is C72H79B3Br2Cl3F3O14S3. The summed E-state index contributed by atoms with van der Waals surface area (Å²) in [4.78, 5) is 0.679. The number of benzene rings is 8. The Morgan fingerprint density at radius 3 is 1.01 bits per heavy atom. The minimum atomic E-state index is -4.81. The van der Waals surface area contributed by atoms with Gasteiger partial charge in [-0.15, -0.1) is 0 Å². The van der Waals surface area contributed by atoms with Crippen molar-refractivity contribution in [3.05, 3.63) is 229 Å². The van der Waals surface area contributed by atoms with E-state index >= 15 is 0 Å². The topological polar surface area (TPSA) is 198 Å². The third-order valence-electron chi connectivity index (χ3n) is 18.0. The van der Waals surface area contributed by atoms with Gasteiger partial charge in [-0.1, -0.05) is 170 Å². The number of hydrogen-bond donors (Lipinski definition) is 2. The molecule has 0 spiro atoms. The van der Waals surface area contributed by atoms with Crippen molar-refractivity contribution in [3.63, 3.8) is 0 Å². The van der Waals surface area contributed by atoms with Crippen LogP contribution < -0.4 is 5.46 Å². The summed E-state index contributed by atoms with van der Waals surface area (Å²) in [6.45, 7) is 28.3. The molecule has 534 valence electrons. The van der Waals surface area contributed by atoms with Gasteiger partial charge in [0.05, 0.1) is 83.6 Å². The van der Waals surface area contributed by atoms with E-state index in [2.05, 4.69) is 31.9 Å². The van der Waals surface area contributed by atoms with Gasteiger partial charge in [-0.2, -0.15) is 13.2 Å². The molecule has 0 bridgehead atoms. The predicted octanol–water partition coefficient (Wildman–Crippen LogP) is 17.9. The summed E-state index contributed by atoms with van der Waals surface area (Å²) in [7, 11) is -12.5. The summed E-state index contributed by atoms with van der Waals surface area (Å²) in [5, 5.41) is 19.7. The second-order valence-electron chi connectivity index (χ2n) is 27.4. The average molecular weight is 1620 g/mol. The van der Waals surface area contributed by atoms with E-state index in [9.17, 15) is 48.6 Å². The zero-order chi connectivity index (χ0) is 74.8. The zero-order valence-electron chi connectivity index (χ0n) is 57.7. The van der Waals surface area contributed by atoms with Gasteiger partial charge in [-0.3, -0.25) is 0 Å². The first-order valence-electron chi connectivity index (χ1n) is 31.3. The Balaban J connectivity index is 0.000000181. The van der Waals surface area contributed by atoms with Crippen LogP contribution >= 0.6 is 66.7 Å². The van der Waals surface area contributed by atoms with Crippen LogP contribution in [0.3, 0.4) is 0 Å². The van der Waals surface area contributed by atoms with Crippen LogP contribution in [-0.4, -0.2) is 96.4 Å². The maximum absolute atomic E-state index is 13.0. The Kier molecular flexibility index (Phi) is 25.6. The van der Waals surface area contributed by atoms with E-state index < -0.39 is 79.2 Å². The Morgan fingerprint density at radius 1 is 0.380 bits per heavy atom. The Bertz CT molecular complexity index is 4440. The van der Waals surface area contributed by atoms with Crippen molar-refractivity contribution in [2.24, 2.45) is 0 Å². The number of hydrogen-bond acceptors (Lipinski definition) is 14. The lowest BCUT2D eigenvalue weighted by Gasteiger charge is -2.32. The average Bonchev–Trinajstić information content (AvgIpc) is 1.56. The highest BCUT2D eigenvalue weighted by Crippen LogP contribution is 2.45. The van der Waals surface area contributed by atoms with Crippen molar-refractivity contribution < 1.29 is 76.6 Å². The van der Waals surface area contributed by atoms with Crippen molar-refractivity contribution in [2.45, 2.75) is 184 Å². The van der Waals surface area contributed by atoms with E-state index in [-0.39, 0.29) is 72.4 Å². The van der Waals surface area contributed by atoms with Gasteiger partial charge in [-0.25, -0.2) is 25.3 Å². The van der Waals surface area contributed by atoms with E-state index in [0.717, 1.165) is 14.5 Å². The second-order valence-corrected chi connectivity index (χ2v) is 36.2. The maximum Gasteiger partial charge on any atom is 0.494 e. The standard InChI is InChI=1S/C21H16ClF3O3S.C18H20BClO4S.C12H24B2O4.C12H8BrClO2S.C9H11BrO/c1-20(26,21(23,24)25)16-10-7-14(8-11-16)15-9-12-19(18(22)13-15)29(27,28)17-5-3-2-4-6-17;1-17(2)18(3,4)24-19(23-17)13-10-11-16(15(20)12-13)25(21,22)14-8-6-5-7-9-14;1-9(2)10(3,4)16-13(15-9)14-17-11(5,6)12(7,8)18-14;13-9-6-7-12(11(14)8-9)17(15,16)10-4-2-1-3-5-10;1-9(2,11)7-3-5-8(10)6-4-7/h2-13,26H,1H3;5-12H,1-4H3;1-8H3;1-8H;3-6,11H,1-2H3. The fraction of sp³-hybridized carbons (Fsp3) is 0.333. The van der Waals surface area contributed by atoms with Crippen LogP contribution in [0, 0.1) is 0 Å². The molecule has 3 heterocycles. The predicted molar refractivity (Wildman–Crippen MR) is 396 cm³/mol. The van der Waals surface area contributed by atoms with Crippen LogP contribution in [0.25, 0.3) is 11.1 Å². The molecule has 3 aliphatic rings. The molecule has 100 heavy (non-hydrogen) atoms. The van der Waals surface area contributed by atoms with Gasteiger partial charge in [-0.05, 0) is 223 Å². The van der Waals surface area contributed by atoms with Crippen molar-refractivity contribution in [2.75, 3.05) is 0 Å². The van der Waals surface area contributed by atoms with Crippen LogP contribution in [0.15, 0.2) is 232 Å². The SMILES string of the molecule is CC(C)(O)c1ccc(Br)cc1.CC(O)(c1ccc(-c2ccc(S(=O)(=O)c3ccccc3)c(Cl)c2)cc1)C(F)(F)F.CC1(C)OB(B2OC(C)(C)C(C)(C)O2)OC1(C)C.CC1(C)OB(c2ccc(S(=O)(=O)c3ccccc3)c(Cl)c2)OC1(C)C.O=S(=O)(c1ccccc1)c1ccc(Br)cc1Cl. The molecular weight excluding hydrogens is 1540 g/mol. The van der Waals surface area contributed by atoms with Crippen LogP contribution in [-0.2, 0) is 68.6 Å². The maximum atomic E-state index is 13.0. The number of aliphatic hydroxyl groups is 2. The summed E-state index contributed by atoms with van der Waals surface area (Å²) < 4.78 is 152. The number of halogens is 8. The lowest BCUT2D eigenvalue weighted by molar-refractivity contribution is -0.258. The molecule has 1 atom stereocenters. The molecule has 0 aromatic heterocycles. The molecule has 0 aliphatic carbocycles. The molecule has 2 N–H and O–H groups in total. The molecule has 11 rings (SSSR count). The monoisotopic (exact) mass is 1620 g/mol. The highest BCUT2D eigenvalue weighted by Gasteiger charge is 2.64. The smallest absolute Gasteiger partial charge is 0.405 e. The second kappa shape index (κ2) is 31.0. The first kappa shape index (κ1) is 82.4. The van der Waals surface area contributed by atoms with Crippen LogP contribution in [0.4, 0.5) is 13.2 Å². The van der Waals surface area contributed by atoms with Crippen LogP contribution in [0.5, 0.6) is 0 Å². The molecule has 0 radical (unpaired) electrons. The van der Waals surface area contributed by atoms with Crippen LogP contribution in [0.2, 0.25) is 15.1 Å². The van der Waals surface area contributed by atoms with Crippen molar-refractivity contribution >= 4 is 123 Å². The Labute approximate surface area is 619 Å². The molecule has 3 fully saturated rings. The molecule has 14 nitrogen and oxygen atoms in total. The minimum Gasteiger partial charge on any atom is -0.405 e. The largest absolute Gasteiger partial charge is 0.494 e. The normalized spacial score (nSPS) is 17.9. The van der Waals surface area contributed by atoms with Gasteiger partial charge in [0.25, 0.3) is 0 Å². The molecule has 8 aromatic carbocycles. The molecule has 28 heteroatoms. The first-order valence-corrected chi connectivity index (χ1v) is 38.5. The third kappa shape index (κ3) is 19.0. The summed E-state index contributed by atoms with van der Waals surface area (Å²) in [5.41, 5.74) is -3.72. The lowest BCUT2D eigenvalue weighted by atomic mass is 9.49. The number of rotatable bonds is 11. The fourth-order valence-corrected chi connectivity index (χ4v) is 15.9. The van der Waals surface area contributed by atoms with Gasteiger partial charge in [0.2, 0.25) is 29.5 Å². The highest BCUT2D eigenvalue weighted by atomic mass is 79.9. The van der Waals surface area contributed by atoms with Gasteiger partial charge >= 0.3 is 27.3 Å². The summed E-state index contributed by atoms with van der Waals surface area (Å²) in [6.07, 6.45) is -4.81. The summed E-state index contributed by atoms with van der Waals surface area (Å²) >= 11 is 25.0. The number of sulfone groups is 3. The first-order chi connectivity index (χ1) is 45.9. The lowest BCUT2D eigenvalue weighted by Crippen LogP contribution is -2.41. The van der Waals surface area contributed by atoms with E-state index in [1.165, 1.54) is 66.7 Å². The van der Waals surface area contributed by atoms with Crippen molar-refractivity contribution in [1.29, 1.82) is 0 Å². The zero-order valence-corrected chi connectivity index (χ0v) is 65.6. The van der Waals surface area contributed by atoms with Gasteiger partial charge in [0.1, 0.15) is 0 Å². The third-order valence-corrected chi connectivity index (χ3v) is 25.8. The molecule has 0 amide bonds. The van der Waals surface area contributed by atoms with Crippen LogP contribution in [0.1, 0.15) is 115 Å². The van der Waals surface area contributed by atoms with E-state index in [1.54, 1.807) is 117 Å². The Morgan fingerprint density at radius 2 is 0.680 bits per heavy atom. The van der Waals surface area contributed by atoms with Crippen molar-refractivity contribution in [3.8, 4) is 11.1 Å². The summed E-state index contributed by atoms with van der Waals surface area (Å²) in [6, 6.07) is 50.9. The highest BCUT2D eigenvalue weighted by molar-refractivity contribution is 9.10. The van der Waals surface area contributed by atoms with Crippen molar-refractivity contribution in [1.82, 2.24) is 0 Å². The molecule has 3 aliphatic heterocycles. The quantitative estimate of drug-likeness (QED) is 0.116. The molecule has 3 saturated heterocycles. The summed E-state index contributed by atoms with van der Waals surface area (Å²) in [5.74, 6) is 0. The molecule has 0 saturated carbocycles. The van der Waals surface area contributed by atoms with Gasteiger partial charge in [0.15, 0.2) is 5.60 Å². The van der Waals surface area contributed by atoms with Gasteiger partial charge in [0, 0.05) is 8.95 Å². The fourth-order valence-electron chi connectivity index (χ4n) is 9.64. The van der Waals surface area contributed by atoms with E-state index in [1.807, 2.05) is 107 Å². The van der Waals surface area contributed by atoms with E-state index in [4.69, 9.17) is 62.7 Å². The van der Waals surface area contributed by atoms with Gasteiger partial charge < -0.3 is 38.1 Å². The molecule has 8 aromatic rings. The Hall–Kier alpha value is -4.90. The number of alkyl halides is 3. The minimum absolute atomic E-state index is 0.00211. The van der Waals surface area contributed by atoms with E-state index in [0.29, 0.717) is 23.5 Å².